The lowest BCUT2D eigenvalue weighted by molar-refractivity contribution is -0.151. The Bertz CT molecular complexity index is 645. The zero-order valence-corrected chi connectivity index (χ0v) is 20.6. The average molecular weight is 534 g/mol. The number of ether oxygens (including phenoxy) is 2. The van der Waals surface area contributed by atoms with E-state index in [9.17, 15) is 14.7 Å². The van der Waals surface area contributed by atoms with Crippen LogP contribution in [0.3, 0.4) is 0 Å². The fraction of sp³-hybridized carbons (Fsp3) is 0.727. The largest absolute Gasteiger partial charge is 0.457 e. The number of likely N-dealkylation sites (N-methyl/N-ethyl adjacent to an activating group) is 1. The van der Waals surface area contributed by atoms with Crippen LogP contribution in [0.2, 0.25) is 0 Å². The molecular weight excluding hydrogens is 499 g/mol. The number of carbonyl (C=O) groups is 2. The molecule has 170 valence electrons. The van der Waals surface area contributed by atoms with Gasteiger partial charge in [0, 0.05) is 32.1 Å². The minimum absolute atomic E-state index is 0.0228. The van der Waals surface area contributed by atoms with Gasteiger partial charge in [0.15, 0.2) is 0 Å². The number of amides is 1. The zero-order chi connectivity index (χ0) is 22.3. The van der Waals surface area contributed by atoms with E-state index in [2.05, 4.69) is 27.5 Å². The minimum atomic E-state index is -0.766. The van der Waals surface area contributed by atoms with Crippen LogP contribution in [0.1, 0.15) is 40.0 Å². The standard InChI is InChI=1S/C22H35IN2O5/c1-15-5-7-18(26)13-20(27)30-21(17(3)14-23)16(2)6-8-19(15)29-22(28)25-11-9-24(4)10-12-25/h6,8,14-16,18-19,21,26H,5,7,9-13H2,1-4H3/b8-6-,17-14+. The van der Waals surface area contributed by atoms with E-state index in [-0.39, 0.29) is 24.3 Å². The van der Waals surface area contributed by atoms with Gasteiger partial charge in [-0.25, -0.2) is 4.79 Å². The monoisotopic (exact) mass is 534 g/mol. The molecule has 1 N–H and O–H groups in total. The van der Waals surface area contributed by atoms with Crippen molar-refractivity contribution in [1.82, 2.24) is 9.80 Å². The second-order valence-electron chi connectivity index (χ2n) is 8.56. The Morgan fingerprint density at radius 1 is 1.23 bits per heavy atom. The number of carbonyl (C=O) groups excluding carboxylic acids is 2. The predicted molar refractivity (Wildman–Crippen MR) is 124 cm³/mol. The molecular formula is C22H35IN2O5. The zero-order valence-electron chi connectivity index (χ0n) is 18.4. The molecule has 0 bridgehead atoms. The third-order valence-corrected chi connectivity index (χ3v) is 6.86. The van der Waals surface area contributed by atoms with E-state index in [0.717, 1.165) is 18.7 Å². The molecule has 5 atom stereocenters. The molecule has 1 fully saturated rings. The number of cyclic esters (lactones) is 1. The summed E-state index contributed by atoms with van der Waals surface area (Å²) in [5.74, 6) is -0.459. The van der Waals surface area contributed by atoms with Crippen molar-refractivity contribution >= 4 is 34.7 Å². The third kappa shape index (κ3) is 7.53. The van der Waals surface area contributed by atoms with Crippen LogP contribution in [0.15, 0.2) is 21.8 Å². The summed E-state index contributed by atoms with van der Waals surface area (Å²) in [7, 11) is 2.04. The Morgan fingerprint density at radius 3 is 2.53 bits per heavy atom. The van der Waals surface area contributed by atoms with Crippen molar-refractivity contribution in [3.05, 3.63) is 21.8 Å². The average Bonchev–Trinajstić information content (AvgIpc) is 2.72. The molecule has 0 aliphatic carbocycles. The van der Waals surface area contributed by atoms with E-state index in [1.165, 1.54) is 0 Å². The van der Waals surface area contributed by atoms with Crippen LogP contribution in [-0.4, -0.2) is 78.5 Å². The lowest BCUT2D eigenvalue weighted by atomic mass is 9.92. The summed E-state index contributed by atoms with van der Waals surface area (Å²) in [5.41, 5.74) is 0.937. The summed E-state index contributed by atoms with van der Waals surface area (Å²) >= 11 is 2.13. The molecule has 0 saturated carbocycles. The van der Waals surface area contributed by atoms with Crippen LogP contribution in [0.4, 0.5) is 4.79 Å². The van der Waals surface area contributed by atoms with Crippen molar-refractivity contribution in [3.8, 4) is 0 Å². The number of hydrogen-bond donors (Lipinski definition) is 1. The number of rotatable bonds is 2. The smallest absolute Gasteiger partial charge is 0.410 e. The maximum atomic E-state index is 12.7. The molecule has 0 aromatic rings. The number of aliphatic hydroxyl groups is 1. The maximum absolute atomic E-state index is 12.7. The molecule has 1 amide bonds. The van der Waals surface area contributed by atoms with E-state index in [4.69, 9.17) is 9.47 Å². The van der Waals surface area contributed by atoms with Crippen LogP contribution >= 0.6 is 22.6 Å². The minimum Gasteiger partial charge on any atom is -0.457 e. The van der Waals surface area contributed by atoms with E-state index in [0.29, 0.717) is 25.9 Å². The second kappa shape index (κ2) is 12.0. The lowest BCUT2D eigenvalue weighted by Crippen LogP contribution is -2.48. The van der Waals surface area contributed by atoms with Crippen molar-refractivity contribution in [3.63, 3.8) is 0 Å². The normalized spacial score (nSPS) is 33.8. The molecule has 2 rings (SSSR count). The first-order valence-corrected chi connectivity index (χ1v) is 11.9. The van der Waals surface area contributed by atoms with Crippen molar-refractivity contribution in [2.24, 2.45) is 11.8 Å². The highest BCUT2D eigenvalue weighted by molar-refractivity contribution is 14.1. The number of aliphatic hydroxyl groups excluding tert-OH is 1. The number of hydrogen-bond acceptors (Lipinski definition) is 6. The van der Waals surface area contributed by atoms with E-state index in [1.807, 2.05) is 44.1 Å². The molecule has 2 aliphatic heterocycles. The van der Waals surface area contributed by atoms with E-state index >= 15 is 0 Å². The van der Waals surface area contributed by atoms with Crippen molar-refractivity contribution < 1.29 is 24.2 Å². The fourth-order valence-electron chi connectivity index (χ4n) is 3.69. The van der Waals surface area contributed by atoms with Gasteiger partial charge >= 0.3 is 12.1 Å². The first-order chi connectivity index (χ1) is 14.2. The molecule has 2 aliphatic rings. The van der Waals surface area contributed by atoms with Crippen molar-refractivity contribution in [2.75, 3.05) is 33.2 Å². The van der Waals surface area contributed by atoms with Gasteiger partial charge in [0.1, 0.15) is 12.2 Å². The summed E-state index contributed by atoms with van der Waals surface area (Å²) in [6, 6.07) is 0. The van der Waals surface area contributed by atoms with Crippen LogP contribution in [0.5, 0.6) is 0 Å². The van der Waals surface area contributed by atoms with Gasteiger partial charge in [0.2, 0.25) is 0 Å². The Labute approximate surface area is 193 Å². The molecule has 5 unspecified atom stereocenters. The fourth-order valence-corrected chi connectivity index (χ4v) is 4.05. The van der Waals surface area contributed by atoms with Gasteiger partial charge in [-0.15, -0.1) is 0 Å². The highest BCUT2D eigenvalue weighted by Crippen LogP contribution is 2.25. The Kier molecular flexibility index (Phi) is 10.1. The summed E-state index contributed by atoms with van der Waals surface area (Å²) in [6.07, 6.45) is 3.08. The van der Waals surface area contributed by atoms with E-state index < -0.39 is 24.3 Å². The molecule has 7 nitrogen and oxygen atoms in total. The molecule has 0 aromatic heterocycles. The van der Waals surface area contributed by atoms with Crippen LogP contribution in [-0.2, 0) is 14.3 Å². The van der Waals surface area contributed by atoms with Gasteiger partial charge in [-0.3, -0.25) is 4.79 Å². The number of nitrogens with zero attached hydrogens (tertiary/aromatic N) is 2. The molecule has 0 radical (unpaired) electrons. The molecule has 30 heavy (non-hydrogen) atoms. The second-order valence-corrected chi connectivity index (χ2v) is 9.18. The van der Waals surface area contributed by atoms with Crippen LogP contribution in [0, 0.1) is 11.8 Å². The van der Waals surface area contributed by atoms with Crippen molar-refractivity contribution in [1.29, 1.82) is 0 Å². The van der Waals surface area contributed by atoms with Crippen LogP contribution in [0.25, 0.3) is 0 Å². The number of piperazine rings is 1. The summed E-state index contributed by atoms with van der Waals surface area (Å²) in [5, 5.41) is 10.3. The topological polar surface area (TPSA) is 79.3 Å². The Hall–Kier alpha value is -1.13. The SMILES string of the molecule is C/C(=C\I)C1OC(=O)CC(O)CCC(C)C(OC(=O)N2CCN(C)CC2)/C=C\C1C. The molecule has 0 spiro atoms. The summed E-state index contributed by atoms with van der Waals surface area (Å²) in [6.45, 7) is 8.91. The molecule has 8 heteroatoms. The van der Waals surface area contributed by atoms with Gasteiger partial charge in [0.05, 0.1) is 12.5 Å². The lowest BCUT2D eigenvalue weighted by Gasteiger charge is -2.33. The van der Waals surface area contributed by atoms with Gasteiger partial charge in [-0.2, -0.15) is 0 Å². The van der Waals surface area contributed by atoms with Gasteiger partial charge < -0.3 is 24.4 Å². The van der Waals surface area contributed by atoms with Gasteiger partial charge in [-0.1, -0.05) is 42.5 Å². The predicted octanol–water partition coefficient (Wildman–Crippen LogP) is 3.36. The first-order valence-electron chi connectivity index (χ1n) is 10.7. The van der Waals surface area contributed by atoms with E-state index in [1.54, 1.807) is 4.90 Å². The molecule has 0 aromatic carbocycles. The molecule has 2 heterocycles. The highest BCUT2D eigenvalue weighted by atomic mass is 127. The quantitative estimate of drug-likeness (QED) is 0.333. The number of esters is 1. The maximum Gasteiger partial charge on any atom is 0.410 e. The van der Waals surface area contributed by atoms with Gasteiger partial charge in [-0.05, 0) is 48.5 Å². The first kappa shape index (κ1) is 25.1. The van der Waals surface area contributed by atoms with Crippen molar-refractivity contribution in [2.45, 2.75) is 58.3 Å². The van der Waals surface area contributed by atoms with Crippen LogP contribution < -0.4 is 0 Å². The summed E-state index contributed by atoms with van der Waals surface area (Å²) < 4.78 is 13.4. The molecule has 1 saturated heterocycles. The Morgan fingerprint density at radius 2 is 1.90 bits per heavy atom. The highest BCUT2D eigenvalue weighted by Gasteiger charge is 2.28. The third-order valence-electron chi connectivity index (χ3n) is 5.88. The number of halogens is 1. The van der Waals surface area contributed by atoms with Gasteiger partial charge in [0.25, 0.3) is 0 Å². The summed E-state index contributed by atoms with van der Waals surface area (Å²) in [4.78, 5) is 28.9. The Balaban J connectivity index is 2.18.